The minimum atomic E-state index is -4.25. The lowest BCUT2D eigenvalue weighted by molar-refractivity contribution is 0.302. The summed E-state index contributed by atoms with van der Waals surface area (Å²) in [5.74, 6) is 5.28. The summed E-state index contributed by atoms with van der Waals surface area (Å²) in [4.78, 5) is 7.24. The summed E-state index contributed by atoms with van der Waals surface area (Å²) in [5.41, 5.74) is 16.1. The fraction of sp³-hybridized carbons (Fsp3) is 0.125. The number of nitrogens with two attached hydrogens (primary N) is 4. The topological polar surface area (TPSA) is 224 Å². The van der Waals surface area contributed by atoms with E-state index in [0.29, 0.717) is 22.2 Å². The lowest BCUT2D eigenvalue weighted by Crippen LogP contribution is -2.27. The van der Waals surface area contributed by atoms with Crippen LogP contribution in [-0.4, -0.2) is 42.5 Å². The van der Waals surface area contributed by atoms with Crippen LogP contribution in [0.2, 0.25) is 0 Å². The Bertz CT molecular complexity index is 1210. The highest BCUT2D eigenvalue weighted by Crippen LogP contribution is 2.37. The van der Waals surface area contributed by atoms with Gasteiger partial charge >= 0.3 is 0 Å². The number of rotatable bonds is 8. The van der Waals surface area contributed by atoms with Crippen molar-refractivity contribution in [1.82, 2.24) is 20.2 Å². The zero-order valence-electron chi connectivity index (χ0n) is 15.6. The van der Waals surface area contributed by atoms with Gasteiger partial charge in [0.1, 0.15) is 4.90 Å². The molecule has 0 aliphatic heterocycles. The number of anilines is 1. The second-order valence-corrected chi connectivity index (χ2v) is 8.46. The van der Waals surface area contributed by atoms with Gasteiger partial charge < -0.3 is 21.6 Å². The van der Waals surface area contributed by atoms with Crippen molar-refractivity contribution in [2.24, 2.45) is 21.8 Å². The lowest BCUT2D eigenvalue weighted by atomic mass is 9.97. The van der Waals surface area contributed by atoms with E-state index >= 15 is 0 Å². The highest BCUT2D eigenvalue weighted by atomic mass is 32.2. The Hall–Kier alpha value is -2.88. The number of sulfonamides is 1. The van der Waals surface area contributed by atoms with Gasteiger partial charge in [-0.2, -0.15) is 0 Å². The van der Waals surface area contributed by atoms with Crippen molar-refractivity contribution in [2.45, 2.75) is 9.79 Å². The minimum absolute atomic E-state index is 0.0559. The molecule has 2 aromatic carbocycles. The van der Waals surface area contributed by atoms with Gasteiger partial charge in [0, 0.05) is 22.6 Å². The number of aromatic amines is 1. The first-order valence-corrected chi connectivity index (χ1v) is 10.9. The summed E-state index contributed by atoms with van der Waals surface area (Å²) in [6.07, 6.45) is 0. The number of hydrazone groups is 1. The highest BCUT2D eigenvalue weighted by Gasteiger charge is 2.26. The van der Waals surface area contributed by atoms with Crippen molar-refractivity contribution in [3.05, 3.63) is 35.9 Å². The van der Waals surface area contributed by atoms with Gasteiger partial charge in [0.25, 0.3) is 0 Å². The predicted octanol–water partition coefficient (Wildman–Crippen LogP) is -0.868. The number of benzene rings is 2. The quantitative estimate of drug-likeness (QED) is 0.0527. The number of amidine groups is 1. The molecule has 0 saturated carbocycles. The van der Waals surface area contributed by atoms with Crippen molar-refractivity contribution < 1.29 is 13.5 Å². The summed E-state index contributed by atoms with van der Waals surface area (Å²) in [6, 6.07) is 8.53. The Balaban J connectivity index is 2.36. The summed E-state index contributed by atoms with van der Waals surface area (Å²) < 4.78 is 27.9. The second-order valence-electron chi connectivity index (χ2n) is 6.03. The number of nitrogens with one attached hydrogen (secondary N) is 3. The van der Waals surface area contributed by atoms with Crippen LogP contribution < -0.4 is 32.7 Å². The van der Waals surface area contributed by atoms with E-state index in [-0.39, 0.29) is 40.3 Å². The predicted molar refractivity (Wildman–Crippen MR) is 116 cm³/mol. The normalized spacial score (nSPS) is 12.4. The molecule has 0 spiro atoms. The van der Waals surface area contributed by atoms with E-state index in [0.717, 1.165) is 11.9 Å². The van der Waals surface area contributed by atoms with Crippen LogP contribution in [0.1, 0.15) is 5.56 Å². The maximum Gasteiger partial charge on any atom is 0.239 e. The van der Waals surface area contributed by atoms with Crippen LogP contribution in [0, 0.1) is 0 Å². The number of primary sulfonamides is 1. The van der Waals surface area contributed by atoms with E-state index in [9.17, 15) is 8.42 Å². The average molecular weight is 452 g/mol. The van der Waals surface area contributed by atoms with Gasteiger partial charge in [-0.05, 0) is 29.6 Å². The molecule has 0 bridgehead atoms. The molecule has 0 fully saturated rings. The number of para-hydroxylation sites is 1. The maximum atomic E-state index is 12.6. The van der Waals surface area contributed by atoms with Crippen molar-refractivity contribution in [3.63, 3.8) is 0 Å². The van der Waals surface area contributed by atoms with Gasteiger partial charge in [0.2, 0.25) is 10.0 Å². The van der Waals surface area contributed by atoms with Crippen LogP contribution in [0.4, 0.5) is 5.95 Å². The van der Waals surface area contributed by atoms with Crippen LogP contribution in [-0.2, 0) is 10.0 Å². The van der Waals surface area contributed by atoms with Gasteiger partial charge in [-0.25, -0.2) is 29.9 Å². The van der Waals surface area contributed by atoms with Crippen molar-refractivity contribution in [3.8, 4) is 11.1 Å². The molecule has 3 rings (SSSR count). The molecule has 0 amide bonds. The molecule has 0 saturated heterocycles. The largest absolute Gasteiger partial charge is 0.395 e. The molecule has 1 aromatic heterocycles. The molecule has 0 atom stereocenters. The average Bonchev–Trinajstić information content (AvgIpc) is 3.07. The van der Waals surface area contributed by atoms with E-state index in [4.69, 9.17) is 27.6 Å². The molecule has 30 heavy (non-hydrogen) atoms. The van der Waals surface area contributed by atoms with Crippen molar-refractivity contribution >= 4 is 44.8 Å². The molecule has 0 unspecified atom stereocenters. The number of fused-ring (bicyclic) bond motifs is 1. The lowest BCUT2D eigenvalue weighted by Gasteiger charge is -2.17. The van der Waals surface area contributed by atoms with Crippen LogP contribution in [0.15, 0.2) is 45.2 Å². The van der Waals surface area contributed by atoms with Gasteiger partial charge in [0.15, 0.2) is 11.8 Å². The fourth-order valence-corrected chi connectivity index (χ4v) is 4.97. The number of hydrogen-bond acceptors (Lipinski definition) is 10. The van der Waals surface area contributed by atoms with Crippen LogP contribution in [0.25, 0.3) is 22.2 Å². The SMILES string of the molecule is NN/N=C(\N)c1c(-c2cccc3[nH]c(N)nc23)ccc(SNCCO)c1S(N)(=O)=O. The molecule has 14 heteroatoms. The van der Waals surface area contributed by atoms with E-state index in [1.54, 1.807) is 30.3 Å². The highest BCUT2D eigenvalue weighted by molar-refractivity contribution is 7.98. The van der Waals surface area contributed by atoms with Crippen LogP contribution in [0.5, 0.6) is 0 Å². The van der Waals surface area contributed by atoms with Crippen molar-refractivity contribution in [1.29, 1.82) is 0 Å². The summed E-state index contributed by atoms with van der Waals surface area (Å²) in [7, 11) is -4.25. The zero-order chi connectivity index (χ0) is 21.9. The number of aliphatic hydroxyl groups excluding tert-OH is 1. The summed E-state index contributed by atoms with van der Waals surface area (Å²) in [6.45, 7) is 0.0948. The summed E-state index contributed by atoms with van der Waals surface area (Å²) in [5, 5.41) is 18.3. The third-order valence-electron chi connectivity index (χ3n) is 4.06. The van der Waals surface area contributed by atoms with Gasteiger partial charge in [0.05, 0.1) is 17.6 Å². The Morgan fingerprint density at radius 3 is 2.70 bits per heavy atom. The second kappa shape index (κ2) is 8.86. The monoisotopic (exact) mass is 451 g/mol. The molecule has 12 N–H and O–H groups in total. The molecule has 0 radical (unpaired) electrons. The number of nitrogen functional groups attached to an aromatic ring is 1. The fourth-order valence-electron chi connectivity index (χ4n) is 2.97. The molecule has 12 nitrogen and oxygen atoms in total. The minimum Gasteiger partial charge on any atom is -0.395 e. The molecular weight excluding hydrogens is 430 g/mol. The number of aromatic nitrogens is 2. The number of nitrogens with zero attached hydrogens (tertiary/aromatic N) is 2. The standard InChI is InChI=1S/C16H21N9O3S2/c17-15(24-25-19)12-8(9-2-1-3-10-13(9)23-16(18)22-10)4-5-11(29-21-6-7-26)14(12)30(20,27)28/h1-5,21,25-26H,6-7,19H2,(H2,17,24)(H3,18,22,23)(H2,20,27,28). The third kappa shape index (κ3) is 4.33. The summed E-state index contributed by atoms with van der Waals surface area (Å²) >= 11 is 0.987. The number of imidazole rings is 1. The number of H-pyrrole nitrogens is 1. The Kier molecular flexibility index (Phi) is 6.45. The molecule has 0 aliphatic carbocycles. The third-order valence-corrected chi connectivity index (χ3v) is 6.10. The molecule has 3 aromatic rings. The Labute approximate surface area is 176 Å². The van der Waals surface area contributed by atoms with Crippen LogP contribution >= 0.6 is 11.9 Å². The van der Waals surface area contributed by atoms with Gasteiger partial charge in [-0.3, -0.25) is 4.72 Å². The Morgan fingerprint density at radius 2 is 2.03 bits per heavy atom. The van der Waals surface area contributed by atoms with Crippen molar-refractivity contribution in [2.75, 3.05) is 18.9 Å². The molecule has 1 heterocycles. The Morgan fingerprint density at radius 1 is 1.27 bits per heavy atom. The van der Waals surface area contributed by atoms with Gasteiger partial charge in [-0.1, -0.05) is 18.2 Å². The number of aliphatic hydroxyl groups is 1. The van der Waals surface area contributed by atoms with E-state index < -0.39 is 10.0 Å². The first-order chi connectivity index (χ1) is 14.3. The molecular formula is C16H21N9O3S2. The molecule has 160 valence electrons. The van der Waals surface area contributed by atoms with E-state index in [1.165, 1.54) is 0 Å². The maximum absolute atomic E-state index is 12.6. The van der Waals surface area contributed by atoms with Crippen LogP contribution in [0.3, 0.4) is 0 Å². The molecule has 0 aliphatic rings. The first kappa shape index (κ1) is 21.8. The smallest absolute Gasteiger partial charge is 0.239 e. The zero-order valence-corrected chi connectivity index (χ0v) is 17.2. The van der Waals surface area contributed by atoms with Gasteiger partial charge in [-0.15, -0.1) is 5.10 Å². The number of hydrazine groups is 1. The number of hydrogen-bond donors (Lipinski definition) is 8. The van der Waals surface area contributed by atoms with E-state index in [1.807, 2.05) is 0 Å². The first-order valence-electron chi connectivity index (χ1n) is 8.52. The van der Waals surface area contributed by atoms with E-state index in [2.05, 4.69) is 25.3 Å².